The Kier molecular flexibility index (Phi) is 3.16. The van der Waals surface area contributed by atoms with Crippen LogP contribution in [0.2, 0.25) is 5.02 Å². The predicted molar refractivity (Wildman–Crippen MR) is 69.9 cm³/mol. The Hall–Kier alpha value is -0.750. The van der Waals surface area contributed by atoms with Crippen LogP contribution in [0.1, 0.15) is 5.56 Å². The lowest BCUT2D eigenvalue weighted by Crippen LogP contribution is -2.03. The average Bonchev–Trinajstić information content (AvgIpc) is 2.56. The smallest absolute Gasteiger partial charge is 0.0679 e. The van der Waals surface area contributed by atoms with E-state index in [-0.39, 0.29) is 0 Å². The second-order valence-corrected chi connectivity index (χ2v) is 4.88. The molecule has 78 valence electrons. The van der Waals surface area contributed by atoms with Crippen molar-refractivity contribution in [2.24, 2.45) is 0 Å². The SMILES string of the molecule is Nc1cc(Cl)ccc1Cn1cc(I)cn1. The van der Waals surface area contributed by atoms with E-state index in [1.54, 1.807) is 6.07 Å². The van der Waals surface area contributed by atoms with Crippen LogP contribution < -0.4 is 5.73 Å². The Morgan fingerprint density at radius 2 is 2.27 bits per heavy atom. The molecule has 1 aromatic carbocycles. The van der Waals surface area contributed by atoms with Gasteiger partial charge in [-0.1, -0.05) is 17.7 Å². The number of halogens is 2. The molecule has 15 heavy (non-hydrogen) atoms. The summed E-state index contributed by atoms with van der Waals surface area (Å²) in [6.45, 7) is 0.673. The highest BCUT2D eigenvalue weighted by molar-refractivity contribution is 14.1. The predicted octanol–water partition coefficient (Wildman–Crippen LogP) is 2.77. The van der Waals surface area contributed by atoms with Crippen molar-refractivity contribution in [2.75, 3.05) is 5.73 Å². The molecule has 2 aromatic rings. The number of hydrogen-bond acceptors (Lipinski definition) is 2. The molecule has 0 atom stereocenters. The Morgan fingerprint density at radius 1 is 1.47 bits per heavy atom. The fraction of sp³-hybridized carbons (Fsp3) is 0.100. The summed E-state index contributed by atoms with van der Waals surface area (Å²) in [6.07, 6.45) is 3.78. The fourth-order valence-electron chi connectivity index (χ4n) is 1.31. The Balaban J connectivity index is 2.24. The highest BCUT2D eigenvalue weighted by Crippen LogP contribution is 2.18. The number of nitrogens with two attached hydrogens (primary N) is 1. The minimum absolute atomic E-state index is 0.659. The van der Waals surface area contributed by atoms with Crippen molar-refractivity contribution >= 4 is 39.9 Å². The second-order valence-electron chi connectivity index (χ2n) is 3.20. The molecule has 2 N–H and O–H groups in total. The van der Waals surface area contributed by atoms with E-state index in [1.807, 2.05) is 29.2 Å². The highest BCUT2D eigenvalue weighted by Gasteiger charge is 2.02. The van der Waals surface area contributed by atoms with Crippen LogP contribution in [-0.2, 0) is 6.54 Å². The monoisotopic (exact) mass is 333 g/mol. The number of hydrogen-bond donors (Lipinski definition) is 1. The molecule has 0 bridgehead atoms. The molecule has 0 unspecified atom stereocenters. The zero-order valence-corrected chi connectivity index (χ0v) is 10.7. The first kappa shape index (κ1) is 10.8. The van der Waals surface area contributed by atoms with Crippen LogP contribution in [0.4, 0.5) is 5.69 Å². The molecule has 0 saturated carbocycles. The van der Waals surface area contributed by atoms with Gasteiger partial charge in [0.2, 0.25) is 0 Å². The molecule has 2 rings (SSSR count). The number of rotatable bonds is 2. The normalized spacial score (nSPS) is 10.5. The van der Waals surface area contributed by atoms with Crippen LogP contribution in [0.3, 0.4) is 0 Å². The minimum atomic E-state index is 0.659. The van der Waals surface area contributed by atoms with Gasteiger partial charge in [-0.3, -0.25) is 4.68 Å². The lowest BCUT2D eigenvalue weighted by Gasteiger charge is -2.05. The minimum Gasteiger partial charge on any atom is -0.398 e. The van der Waals surface area contributed by atoms with Crippen molar-refractivity contribution in [3.05, 3.63) is 44.7 Å². The number of anilines is 1. The molecule has 0 radical (unpaired) electrons. The van der Waals surface area contributed by atoms with Crippen molar-refractivity contribution in [3.8, 4) is 0 Å². The largest absolute Gasteiger partial charge is 0.398 e. The maximum Gasteiger partial charge on any atom is 0.0679 e. The Labute approximate surface area is 106 Å². The standard InChI is InChI=1S/C10H9ClIN3/c11-8-2-1-7(10(13)3-8)5-15-6-9(12)4-14-15/h1-4,6H,5,13H2. The third-order valence-electron chi connectivity index (χ3n) is 2.04. The fourth-order valence-corrected chi connectivity index (χ4v) is 1.94. The topological polar surface area (TPSA) is 43.8 Å². The Bertz CT molecular complexity index is 481. The van der Waals surface area contributed by atoms with Gasteiger partial charge in [0, 0.05) is 16.9 Å². The summed E-state index contributed by atoms with van der Waals surface area (Å²) in [7, 11) is 0. The third-order valence-corrected chi connectivity index (χ3v) is 2.83. The molecule has 0 aliphatic heterocycles. The molecule has 1 aromatic heterocycles. The first-order chi connectivity index (χ1) is 7.15. The first-order valence-electron chi connectivity index (χ1n) is 4.37. The van der Waals surface area contributed by atoms with Crippen molar-refractivity contribution < 1.29 is 0 Å². The summed E-state index contributed by atoms with van der Waals surface area (Å²) in [4.78, 5) is 0. The van der Waals surface area contributed by atoms with E-state index >= 15 is 0 Å². The van der Waals surface area contributed by atoms with Gasteiger partial charge in [0.15, 0.2) is 0 Å². The molecule has 0 fully saturated rings. The van der Waals surface area contributed by atoms with Gasteiger partial charge in [0.25, 0.3) is 0 Å². The van der Waals surface area contributed by atoms with Crippen LogP contribution in [0, 0.1) is 3.57 Å². The van der Waals surface area contributed by atoms with Crippen molar-refractivity contribution in [1.82, 2.24) is 9.78 Å². The summed E-state index contributed by atoms with van der Waals surface area (Å²) >= 11 is 8.04. The van der Waals surface area contributed by atoms with E-state index < -0.39 is 0 Å². The molecule has 5 heteroatoms. The average molecular weight is 334 g/mol. The summed E-state index contributed by atoms with van der Waals surface area (Å²) in [5.41, 5.74) is 7.58. The van der Waals surface area contributed by atoms with Crippen LogP contribution >= 0.6 is 34.2 Å². The molecule has 0 aliphatic rings. The van der Waals surface area contributed by atoms with Gasteiger partial charge >= 0.3 is 0 Å². The quantitative estimate of drug-likeness (QED) is 0.678. The lowest BCUT2D eigenvalue weighted by atomic mass is 10.2. The molecule has 1 heterocycles. The van der Waals surface area contributed by atoms with E-state index in [4.69, 9.17) is 17.3 Å². The van der Waals surface area contributed by atoms with Gasteiger partial charge in [0.1, 0.15) is 0 Å². The maximum absolute atomic E-state index is 5.85. The van der Waals surface area contributed by atoms with E-state index in [0.717, 1.165) is 9.13 Å². The third kappa shape index (κ3) is 2.63. The number of benzene rings is 1. The number of aromatic nitrogens is 2. The van der Waals surface area contributed by atoms with Gasteiger partial charge in [-0.25, -0.2) is 0 Å². The summed E-state index contributed by atoms with van der Waals surface area (Å²) in [5, 5.41) is 4.85. The van der Waals surface area contributed by atoms with E-state index in [1.165, 1.54) is 0 Å². The zero-order valence-electron chi connectivity index (χ0n) is 7.82. The molecule has 0 amide bonds. The van der Waals surface area contributed by atoms with Crippen LogP contribution in [0.5, 0.6) is 0 Å². The van der Waals surface area contributed by atoms with E-state index in [0.29, 0.717) is 17.3 Å². The summed E-state index contributed by atoms with van der Waals surface area (Å²) in [5.74, 6) is 0. The molecular weight excluding hydrogens is 324 g/mol. The number of nitrogens with zero attached hydrogens (tertiary/aromatic N) is 2. The zero-order chi connectivity index (χ0) is 10.8. The highest BCUT2D eigenvalue weighted by atomic mass is 127. The van der Waals surface area contributed by atoms with E-state index in [2.05, 4.69) is 27.7 Å². The van der Waals surface area contributed by atoms with Gasteiger partial charge in [-0.05, 0) is 40.3 Å². The maximum atomic E-state index is 5.85. The molecule has 0 saturated heterocycles. The van der Waals surface area contributed by atoms with Crippen LogP contribution in [0.25, 0.3) is 0 Å². The number of nitrogen functional groups attached to an aromatic ring is 1. The van der Waals surface area contributed by atoms with Crippen LogP contribution in [0.15, 0.2) is 30.6 Å². The van der Waals surface area contributed by atoms with Crippen molar-refractivity contribution in [1.29, 1.82) is 0 Å². The summed E-state index contributed by atoms with van der Waals surface area (Å²) in [6, 6.07) is 5.51. The van der Waals surface area contributed by atoms with E-state index in [9.17, 15) is 0 Å². The second kappa shape index (κ2) is 4.40. The molecule has 3 nitrogen and oxygen atoms in total. The molecule has 0 aliphatic carbocycles. The van der Waals surface area contributed by atoms with Crippen molar-refractivity contribution in [2.45, 2.75) is 6.54 Å². The van der Waals surface area contributed by atoms with Gasteiger partial charge < -0.3 is 5.73 Å². The van der Waals surface area contributed by atoms with Gasteiger partial charge in [0.05, 0.1) is 16.3 Å². The summed E-state index contributed by atoms with van der Waals surface area (Å²) < 4.78 is 2.96. The van der Waals surface area contributed by atoms with Gasteiger partial charge in [-0.15, -0.1) is 0 Å². The first-order valence-corrected chi connectivity index (χ1v) is 5.82. The van der Waals surface area contributed by atoms with Gasteiger partial charge in [-0.2, -0.15) is 5.10 Å². The molecular formula is C10H9ClIN3. The lowest BCUT2D eigenvalue weighted by molar-refractivity contribution is 0.688. The van der Waals surface area contributed by atoms with Crippen molar-refractivity contribution in [3.63, 3.8) is 0 Å². The van der Waals surface area contributed by atoms with Crippen LogP contribution in [-0.4, -0.2) is 9.78 Å². The Morgan fingerprint density at radius 3 is 2.87 bits per heavy atom. The molecule has 0 spiro atoms.